The first-order chi connectivity index (χ1) is 10.6. The van der Waals surface area contributed by atoms with Crippen LogP contribution in [-0.2, 0) is 17.6 Å². The van der Waals surface area contributed by atoms with Crippen LogP contribution < -0.4 is 4.74 Å². The minimum absolute atomic E-state index is 0.00458. The van der Waals surface area contributed by atoms with Gasteiger partial charge in [-0.2, -0.15) is 0 Å². The zero-order valence-electron chi connectivity index (χ0n) is 13.7. The lowest BCUT2D eigenvalue weighted by atomic mass is 9.59. The van der Waals surface area contributed by atoms with Crippen molar-refractivity contribution in [2.24, 2.45) is 23.2 Å². The summed E-state index contributed by atoms with van der Waals surface area (Å²) in [5.41, 5.74) is 2.98. The normalized spacial score (nSPS) is 37.0. The second-order valence-corrected chi connectivity index (χ2v) is 7.83. The zero-order chi connectivity index (χ0) is 15.3. The molecule has 0 amide bonds. The molecule has 2 saturated carbocycles. The van der Waals surface area contributed by atoms with E-state index in [9.17, 15) is 4.79 Å². The molecule has 0 bridgehead atoms. The molecular formula is C20H26O2. The molecule has 4 unspecified atom stereocenters. The molecule has 1 aromatic rings. The maximum atomic E-state index is 12.4. The van der Waals surface area contributed by atoms with Gasteiger partial charge in [-0.25, -0.2) is 0 Å². The Morgan fingerprint density at radius 1 is 1.14 bits per heavy atom. The molecule has 0 saturated heterocycles. The molecule has 0 aliphatic heterocycles. The summed E-state index contributed by atoms with van der Waals surface area (Å²) in [6.07, 6.45) is 7.90. The van der Waals surface area contributed by atoms with Gasteiger partial charge in [0.05, 0.1) is 7.11 Å². The molecule has 4 atom stereocenters. The highest BCUT2D eigenvalue weighted by Gasteiger charge is 2.53. The lowest BCUT2D eigenvalue weighted by molar-refractivity contribution is -0.129. The Hall–Kier alpha value is -1.31. The number of carbonyl (C=O) groups excluding carboxylic acids is 1. The summed E-state index contributed by atoms with van der Waals surface area (Å²) in [4.78, 5) is 12.4. The summed E-state index contributed by atoms with van der Waals surface area (Å²) in [5.74, 6) is 3.67. The quantitative estimate of drug-likeness (QED) is 0.777. The Kier molecular flexibility index (Phi) is 3.32. The lowest BCUT2D eigenvalue weighted by Crippen LogP contribution is -2.41. The Balaban J connectivity index is 1.64. The fourth-order valence-electron chi connectivity index (χ4n) is 5.59. The van der Waals surface area contributed by atoms with E-state index >= 15 is 0 Å². The molecule has 3 aliphatic carbocycles. The Bertz CT molecular complexity index is 606. The molecule has 2 heteroatoms. The highest BCUT2D eigenvalue weighted by atomic mass is 16.5. The number of rotatable bonds is 1. The standard InChI is InChI=1S/C20H26O2/c1-20-10-9-15-11-13-3-5-16(22-2)12-14(13)4-6-17(15)18(20)7-8-19(20)21/h3,5,12,15,17-18H,4,6-11H2,1-2H3. The van der Waals surface area contributed by atoms with Crippen molar-refractivity contribution in [1.29, 1.82) is 0 Å². The van der Waals surface area contributed by atoms with E-state index in [1.54, 1.807) is 7.11 Å². The molecule has 22 heavy (non-hydrogen) atoms. The fraction of sp³-hybridized carbons (Fsp3) is 0.650. The van der Waals surface area contributed by atoms with E-state index in [2.05, 4.69) is 25.1 Å². The Morgan fingerprint density at radius 3 is 2.82 bits per heavy atom. The highest BCUT2D eigenvalue weighted by Crippen LogP contribution is 2.56. The third-order valence-electron chi connectivity index (χ3n) is 6.94. The van der Waals surface area contributed by atoms with Crippen LogP contribution in [0.4, 0.5) is 0 Å². The van der Waals surface area contributed by atoms with Gasteiger partial charge in [0, 0.05) is 11.8 Å². The summed E-state index contributed by atoms with van der Waals surface area (Å²) >= 11 is 0. The molecular weight excluding hydrogens is 272 g/mol. The van der Waals surface area contributed by atoms with E-state index in [0.717, 1.165) is 43.3 Å². The summed E-state index contributed by atoms with van der Waals surface area (Å²) in [6.45, 7) is 2.25. The first-order valence-corrected chi connectivity index (χ1v) is 8.81. The monoisotopic (exact) mass is 298 g/mol. The molecule has 0 aromatic heterocycles. The predicted molar refractivity (Wildman–Crippen MR) is 87.1 cm³/mol. The van der Waals surface area contributed by atoms with Gasteiger partial charge in [0.2, 0.25) is 0 Å². The molecule has 0 heterocycles. The van der Waals surface area contributed by atoms with E-state index in [-0.39, 0.29) is 5.41 Å². The number of hydrogen-bond donors (Lipinski definition) is 0. The minimum atomic E-state index is -0.00458. The average molecular weight is 298 g/mol. The van der Waals surface area contributed by atoms with Crippen molar-refractivity contribution in [3.05, 3.63) is 29.3 Å². The largest absolute Gasteiger partial charge is 0.497 e. The van der Waals surface area contributed by atoms with E-state index in [1.165, 1.54) is 30.4 Å². The van der Waals surface area contributed by atoms with Crippen LogP contribution in [0.1, 0.15) is 50.2 Å². The minimum Gasteiger partial charge on any atom is -0.497 e. The van der Waals surface area contributed by atoms with Crippen molar-refractivity contribution in [2.75, 3.05) is 7.11 Å². The molecule has 1 aromatic carbocycles. The number of benzene rings is 1. The third-order valence-corrected chi connectivity index (χ3v) is 6.94. The van der Waals surface area contributed by atoms with E-state index in [1.807, 2.05) is 0 Å². The summed E-state index contributed by atoms with van der Waals surface area (Å²) in [5, 5.41) is 0. The van der Waals surface area contributed by atoms with Gasteiger partial charge in [0.1, 0.15) is 11.5 Å². The van der Waals surface area contributed by atoms with Crippen LogP contribution in [0.3, 0.4) is 0 Å². The molecule has 0 spiro atoms. The molecule has 0 radical (unpaired) electrons. The third kappa shape index (κ3) is 2.03. The van der Waals surface area contributed by atoms with Gasteiger partial charge in [0.25, 0.3) is 0 Å². The molecule has 3 aliphatic rings. The molecule has 4 rings (SSSR count). The van der Waals surface area contributed by atoms with Crippen molar-refractivity contribution in [3.63, 3.8) is 0 Å². The van der Waals surface area contributed by atoms with Crippen LogP contribution in [0.5, 0.6) is 5.75 Å². The van der Waals surface area contributed by atoms with E-state index in [4.69, 9.17) is 4.74 Å². The molecule has 2 fully saturated rings. The van der Waals surface area contributed by atoms with Gasteiger partial charge in [0.15, 0.2) is 0 Å². The summed E-state index contributed by atoms with van der Waals surface area (Å²) in [7, 11) is 1.74. The first kappa shape index (κ1) is 14.3. The Morgan fingerprint density at radius 2 is 2.00 bits per heavy atom. The van der Waals surface area contributed by atoms with Gasteiger partial charge in [-0.15, -0.1) is 0 Å². The van der Waals surface area contributed by atoms with Crippen LogP contribution in [0.25, 0.3) is 0 Å². The number of Topliss-reactive ketones (excluding diaryl/α,β-unsaturated/α-hetero) is 1. The fourth-order valence-corrected chi connectivity index (χ4v) is 5.59. The number of ketones is 1. The van der Waals surface area contributed by atoms with Gasteiger partial charge in [-0.1, -0.05) is 13.0 Å². The second kappa shape index (κ2) is 5.11. The van der Waals surface area contributed by atoms with Gasteiger partial charge >= 0.3 is 0 Å². The van der Waals surface area contributed by atoms with Gasteiger partial charge in [-0.3, -0.25) is 4.79 Å². The number of methoxy groups -OCH3 is 1. The van der Waals surface area contributed by atoms with Gasteiger partial charge in [-0.05, 0) is 79.5 Å². The molecule has 118 valence electrons. The van der Waals surface area contributed by atoms with Crippen molar-refractivity contribution in [3.8, 4) is 5.75 Å². The smallest absolute Gasteiger partial charge is 0.139 e. The maximum absolute atomic E-state index is 12.4. The van der Waals surface area contributed by atoms with Crippen LogP contribution in [0, 0.1) is 23.2 Å². The van der Waals surface area contributed by atoms with E-state index in [0.29, 0.717) is 11.7 Å². The van der Waals surface area contributed by atoms with Crippen molar-refractivity contribution in [1.82, 2.24) is 0 Å². The molecule has 0 N–H and O–H groups in total. The van der Waals surface area contributed by atoms with Crippen LogP contribution in [0.15, 0.2) is 18.2 Å². The number of aryl methyl sites for hydroxylation is 1. The maximum Gasteiger partial charge on any atom is 0.139 e. The highest BCUT2D eigenvalue weighted by molar-refractivity contribution is 5.87. The van der Waals surface area contributed by atoms with Crippen molar-refractivity contribution in [2.45, 2.75) is 51.9 Å². The molecule has 2 nitrogen and oxygen atoms in total. The number of hydrogen-bond acceptors (Lipinski definition) is 2. The zero-order valence-corrected chi connectivity index (χ0v) is 13.7. The van der Waals surface area contributed by atoms with Crippen molar-refractivity contribution < 1.29 is 9.53 Å². The van der Waals surface area contributed by atoms with E-state index < -0.39 is 0 Å². The second-order valence-electron chi connectivity index (χ2n) is 7.83. The Labute approximate surface area is 133 Å². The summed E-state index contributed by atoms with van der Waals surface area (Å²) in [6, 6.07) is 6.60. The SMILES string of the molecule is COc1ccc2c(c1)CCC1C(CCC3(C)C(=O)CCC13)C2. The number of ether oxygens (including phenoxy) is 1. The number of carbonyl (C=O) groups is 1. The predicted octanol–water partition coefficient (Wildman–Crippen LogP) is 4.20. The summed E-state index contributed by atoms with van der Waals surface area (Å²) < 4.78 is 5.39. The lowest BCUT2D eigenvalue weighted by Gasteiger charge is -2.45. The van der Waals surface area contributed by atoms with Crippen LogP contribution in [0.2, 0.25) is 0 Å². The first-order valence-electron chi connectivity index (χ1n) is 8.81. The van der Waals surface area contributed by atoms with Gasteiger partial charge < -0.3 is 4.74 Å². The van der Waals surface area contributed by atoms with Crippen LogP contribution >= 0.6 is 0 Å². The topological polar surface area (TPSA) is 26.3 Å². The van der Waals surface area contributed by atoms with Crippen LogP contribution in [-0.4, -0.2) is 12.9 Å². The average Bonchev–Trinajstić information content (AvgIpc) is 2.72. The number of fused-ring (bicyclic) bond motifs is 4. The van der Waals surface area contributed by atoms with Crippen molar-refractivity contribution >= 4 is 5.78 Å².